The number of esters is 1. The fraction of sp³-hybridized carbons (Fsp3) is 0.308. The second-order valence-corrected chi connectivity index (χ2v) is 9.14. The van der Waals surface area contributed by atoms with Crippen molar-refractivity contribution in [3.8, 4) is 11.5 Å². The van der Waals surface area contributed by atoms with Gasteiger partial charge in [-0.3, -0.25) is 4.79 Å². The number of hydrogen-bond donors (Lipinski definition) is 3. The number of fused-ring (bicyclic) bond motifs is 1. The highest BCUT2D eigenvalue weighted by Gasteiger charge is 2.25. The summed E-state index contributed by atoms with van der Waals surface area (Å²) in [5.74, 6) is -1.85. The highest BCUT2D eigenvalue weighted by molar-refractivity contribution is 6.42. The Bertz CT molecular complexity index is 1160. The normalized spacial score (nSPS) is 25.2. The Kier molecular flexibility index (Phi) is 8.97. The van der Waals surface area contributed by atoms with Crippen molar-refractivity contribution >= 4 is 41.0 Å². The molecule has 0 bridgehead atoms. The number of carbonyl (C=O) groups is 2. The standard InChI is InChI=1S/C26H26Cl2O7/c1-14-6-9-22(30)25(32)21(29)5-3-4-17-11-18(12-23(31)24(17)26(33)35-15(14)2)34-13-16-7-8-19(27)20(28)10-16/h3-4,6-12,14-15,21,25,29,31-32H,5,13H2,1-2H3/b4-3+,9-6-/t14-,15+,21?,25?/m1/s1. The molecule has 2 aromatic carbocycles. The molecule has 3 N–H and O–H groups in total. The summed E-state index contributed by atoms with van der Waals surface area (Å²) in [6.07, 6.45) is 1.97. The van der Waals surface area contributed by atoms with Gasteiger partial charge in [0.25, 0.3) is 0 Å². The van der Waals surface area contributed by atoms with E-state index in [9.17, 15) is 24.9 Å². The maximum atomic E-state index is 12.9. The highest BCUT2D eigenvalue weighted by atomic mass is 35.5. The lowest BCUT2D eigenvalue weighted by atomic mass is 9.99. The van der Waals surface area contributed by atoms with Gasteiger partial charge in [0.05, 0.1) is 16.1 Å². The average molecular weight is 521 g/mol. The summed E-state index contributed by atoms with van der Waals surface area (Å²) in [4.78, 5) is 25.1. The molecular formula is C26H26Cl2O7. The molecule has 0 aromatic heterocycles. The van der Waals surface area contributed by atoms with Crippen molar-refractivity contribution in [1.29, 1.82) is 0 Å². The van der Waals surface area contributed by atoms with Crippen molar-refractivity contribution < 1.29 is 34.4 Å². The Hall–Kier alpha value is -2.84. The SMILES string of the molecule is C[C@@H]1/C=C\C(=O)C(O)C(O)C/C=C/c2cc(OCc3ccc(Cl)c(Cl)c3)cc(O)c2C(=O)O[C@H]1C. The van der Waals surface area contributed by atoms with Gasteiger partial charge in [-0.1, -0.05) is 54.4 Å². The molecule has 35 heavy (non-hydrogen) atoms. The molecule has 0 saturated carbocycles. The minimum atomic E-state index is -1.60. The largest absolute Gasteiger partial charge is 0.507 e. The molecule has 0 amide bonds. The van der Waals surface area contributed by atoms with Crippen molar-refractivity contribution in [2.75, 3.05) is 0 Å². The number of phenols is 1. The molecule has 0 radical (unpaired) electrons. The second kappa shape index (κ2) is 11.7. The molecule has 1 aliphatic heterocycles. The van der Waals surface area contributed by atoms with Gasteiger partial charge in [-0.05, 0) is 48.7 Å². The Balaban J connectivity index is 1.94. The maximum absolute atomic E-state index is 12.9. The van der Waals surface area contributed by atoms with Gasteiger partial charge in [0, 0.05) is 12.0 Å². The van der Waals surface area contributed by atoms with E-state index in [-0.39, 0.29) is 41.6 Å². The Morgan fingerprint density at radius 3 is 2.51 bits per heavy atom. The zero-order valence-electron chi connectivity index (χ0n) is 19.2. The summed E-state index contributed by atoms with van der Waals surface area (Å²) in [6, 6.07) is 7.89. The van der Waals surface area contributed by atoms with Gasteiger partial charge in [-0.25, -0.2) is 4.79 Å². The number of rotatable bonds is 3. The average Bonchev–Trinajstić information content (AvgIpc) is 2.81. The molecule has 0 aliphatic carbocycles. The molecule has 2 aromatic rings. The third-order valence-corrected chi connectivity index (χ3v) is 6.38. The van der Waals surface area contributed by atoms with E-state index in [0.717, 1.165) is 5.56 Å². The first-order valence-corrected chi connectivity index (χ1v) is 11.7. The van der Waals surface area contributed by atoms with Gasteiger partial charge in [0.1, 0.15) is 35.9 Å². The van der Waals surface area contributed by atoms with E-state index < -0.39 is 30.1 Å². The van der Waals surface area contributed by atoms with Crippen LogP contribution in [0.2, 0.25) is 10.0 Å². The number of phenolic OH excluding ortho intramolecular Hbond substituents is 1. The summed E-state index contributed by atoms with van der Waals surface area (Å²) < 4.78 is 11.3. The van der Waals surface area contributed by atoms with E-state index in [1.807, 2.05) is 0 Å². The lowest BCUT2D eigenvalue weighted by molar-refractivity contribution is -0.127. The first-order valence-electron chi connectivity index (χ1n) is 11.0. The molecule has 1 heterocycles. The fourth-order valence-corrected chi connectivity index (χ4v) is 3.67. The number of aromatic hydroxyl groups is 1. The lowest BCUT2D eigenvalue weighted by Gasteiger charge is -2.20. The van der Waals surface area contributed by atoms with Gasteiger partial charge >= 0.3 is 5.97 Å². The van der Waals surface area contributed by atoms with Crippen LogP contribution >= 0.6 is 23.2 Å². The fourth-order valence-electron chi connectivity index (χ4n) is 3.34. The van der Waals surface area contributed by atoms with Crippen LogP contribution in [0, 0.1) is 5.92 Å². The van der Waals surface area contributed by atoms with E-state index >= 15 is 0 Å². The predicted molar refractivity (Wildman–Crippen MR) is 133 cm³/mol. The smallest absolute Gasteiger partial charge is 0.342 e. The van der Waals surface area contributed by atoms with E-state index in [0.29, 0.717) is 10.0 Å². The number of benzene rings is 2. The van der Waals surface area contributed by atoms with Crippen LogP contribution in [-0.2, 0) is 16.1 Å². The number of aliphatic hydroxyl groups is 2. The second-order valence-electron chi connectivity index (χ2n) is 8.33. The predicted octanol–water partition coefficient (Wildman–Crippen LogP) is 4.72. The van der Waals surface area contributed by atoms with E-state index in [1.54, 1.807) is 32.0 Å². The summed E-state index contributed by atoms with van der Waals surface area (Å²) >= 11 is 12.0. The number of carbonyl (C=O) groups excluding carboxylic acids is 2. The van der Waals surface area contributed by atoms with Gasteiger partial charge in [-0.2, -0.15) is 0 Å². The number of aliphatic hydroxyl groups excluding tert-OH is 2. The van der Waals surface area contributed by atoms with Crippen molar-refractivity contribution in [2.24, 2.45) is 5.92 Å². The molecule has 0 fully saturated rings. The minimum absolute atomic E-state index is 0.0731. The third-order valence-electron chi connectivity index (χ3n) is 5.64. The van der Waals surface area contributed by atoms with Gasteiger partial charge in [0.2, 0.25) is 0 Å². The van der Waals surface area contributed by atoms with Crippen LogP contribution in [-0.4, -0.2) is 45.4 Å². The zero-order valence-corrected chi connectivity index (χ0v) is 20.7. The Labute approximate surface area is 213 Å². The molecular weight excluding hydrogens is 495 g/mol. The summed E-state index contributed by atoms with van der Waals surface area (Å²) in [5, 5.41) is 31.8. The zero-order chi connectivity index (χ0) is 25.7. The number of hydrogen-bond acceptors (Lipinski definition) is 7. The minimum Gasteiger partial charge on any atom is -0.507 e. The number of ketones is 1. The van der Waals surface area contributed by atoms with Gasteiger partial charge < -0.3 is 24.8 Å². The van der Waals surface area contributed by atoms with E-state index in [4.69, 9.17) is 32.7 Å². The molecule has 7 nitrogen and oxygen atoms in total. The monoisotopic (exact) mass is 520 g/mol. The lowest BCUT2D eigenvalue weighted by Crippen LogP contribution is -2.32. The van der Waals surface area contributed by atoms with E-state index in [2.05, 4.69) is 0 Å². The molecule has 1 aliphatic rings. The van der Waals surface area contributed by atoms with Crippen LogP contribution in [0.3, 0.4) is 0 Å². The Morgan fingerprint density at radius 2 is 1.80 bits per heavy atom. The van der Waals surface area contributed by atoms with Gasteiger partial charge in [-0.15, -0.1) is 0 Å². The molecule has 4 atom stereocenters. The first-order chi connectivity index (χ1) is 16.6. The summed E-state index contributed by atoms with van der Waals surface area (Å²) in [7, 11) is 0. The molecule has 9 heteroatoms. The molecule has 186 valence electrons. The van der Waals surface area contributed by atoms with Crippen LogP contribution in [0.5, 0.6) is 11.5 Å². The number of halogens is 2. The molecule has 3 rings (SSSR count). The Morgan fingerprint density at radius 1 is 1.06 bits per heavy atom. The van der Waals surface area contributed by atoms with Crippen molar-refractivity contribution in [2.45, 2.75) is 45.2 Å². The molecule has 0 saturated heterocycles. The highest BCUT2D eigenvalue weighted by Crippen LogP contribution is 2.32. The van der Waals surface area contributed by atoms with Crippen molar-refractivity contribution in [1.82, 2.24) is 0 Å². The summed E-state index contributed by atoms with van der Waals surface area (Å²) in [5.41, 5.74) is 0.945. The number of ether oxygens (including phenoxy) is 2. The summed E-state index contributed by atoms with van der Waals surface area (Å²) in [6.45, 7) is 3.50. The van der Waals surface area contributed by atoms with Gasteiger partial charge in [0.15, 0.2) is 5.78 Å². The molecule has 0 spiro atoms. The van der Waals surface area contributed by atoms with Crippen LogP contribution in [0.25, 0.3) is 6.08 Å². The van der Waals surface area contributed by atoms with Crippen LogP contribution < -0.4 is 4.74 Å². The van der Waals surface area contributed by atoms with Crippen LogP contribution in [0.15, 0.2) is 48.6 Å². The topological polar surface area (TPSA) is 113 Å². The maximum Gasteiger partial charge on any atom is 0.342 e. The van der Waals surface area contributed by atoms with Crippen molar-refractivity contribution in [3.63, 3.8) is 0 Å². The molecule has 2 unspecified atom stereocenters. The van der Waals surface area contributed by atoms with Crippen molar-refractivity contribution in [3.05, 3.63) is 75.3 Å². The van der Waals surface area contributed by atoms with E-state index in [1.165, 1.54) is 36.4 Å². The van der Waals surface area contributed by atoms with Crippen LogP contribution in [0.1, 0.15) is 41.8 Å². The quantitative estimate of drug-likeness (QED) is 0.501. The third kappa shape index (κ3) is 6.86. The first kappa shape index (κ1) is 26.8. The van der Waals surface area contributed by atoms with Crippen LogP contribution in [0.4, 0.5) is 0 Å². The number of cyclic esters (lactones) is 1.